The summed E-state index contributed by atoms with van der Waals surface area (Å²) in [5.41, 5.74) is 3.04. The number of rotatable bonds is 3. The molecule has 1 aliphatic rings. The van der Waals surface area contributed by atoms with Gasteiger partial charge in [-0.25, -0.2) is 4.39 Å². The molecule has 3 rings (SSSR count). The molecule has 0 N–H and O–H groups in total. The lowest BCUT2D eigenvalue weighted by Gasteiger charge is -2.23. The Hall–Kier alpha value is -1.47. The van der Waals surface area contributed by atoms with E-state index in [4.69, 9.17) is 0 Å². The lowest BCUT2D eigenvalue weighted by atomic mass is 10.1. The lowest BCUT2D eigenvalue weighted by molar-refractivity contribution is 0.0760. The Morgan fingerprint density at radius 1 is 1.08 bits per heavy atom. The van der Waals surface area contributed by atoms with Gasteiger partial charge < -0.3 is 4.90 Å². The van der Waals surface area contributed by atoms with Gasteiger partial charge in [-0.3, -0.25) is 9.69 Å². The van der Waals surface area contributed by atoms with Gasteiger partial charge in [-0.2, -0.15) is 0 Å². The Kier molecular flexibility index (Phi) is 6.06. The zero-order valence-electron chi connectivity index (χ0n) is 14.3. The SMILES string of the molecule is Cc1cccc(C(=O)N2CCCN(Cc3ccc(F)cc3)CC2)c1I. The summed E-state index contributed by atoms with van der Waals surface area (Å²) in [5.74, 6) is -0.0825. The molecule has 25 heavy (non-hydrogen) atoms. The van der Waals surface area contributed by atoms with E-state index in [0.29, 0.717) is 0 Å². The highest BCUT2D eigenvalue weighted by molar-refractivity contribution is 14.1. The van der Waals surface area contributed by atoms with Gasteiger partial charge in [-0.15, -0.1) is 0 Å². The van der Waals surface area contributed by atoms with Gasteiger partial charge in [-0.1, -0.05) is 24.3 Å². The second-order valence-electron chi connectivity index (χ2n) is 6.48. The maximum Gasteiger partial charge on any atom is 0.254 e. The fourth-order valence-electron chi connectivity index (χ4n) is 3.16. The van der Waals surface area contributed by atoms with E-state index in [0.717, 1.165) is 59.4 Å². The zero-order valence-corrected chi connectivity index (χ0v) is 16.5. The molecule has 0 aliphatic carbocycles. The number of hydrogen-bond acceptors (Lipinski definition) is 2. The molecule has 1 aliphatic heterocycles. The Balaban J connectivity index is 1.64. The van der Waals surface area contributed by atoms with Crippen molar-refractivity contribution in [2.75, 3.05) is 26.2 Å². The maximum absolute atomic E-state index is 13.0. The minimum atomic E-state index is -0.204. The first-order valence-electron chi connectivity index (χ1n) is 8.56. The Bertz CT molecular complexity index is 748. The van der Waals surface area contributed by atoms with Crippen LogP contribution in [0.2, 0.25) is 0 Å². The van der Waals surface area contributed by atoms with Crippen molar-refractivity contribution in [3.63, 3.8) is 0 Å². The average molecular weight is 452 g/mol. The van der Waals surface area contributed by atoms with Gasteiger partial charge in [0.1, 0.15) is 5.82 Å². The predicted molar refractivity (Wildman–Crippen MR) is 106 cm³/mol. The third-order valence-electron chi connectivity index (χ3n) is 4.62. The Labute approximate surface area is 162 Å². The highest BCUT2D eigenvalue weighted by Gasteiger charge is 2.22. The summed E-state index contributed by atoms with van der Waals surface area (Å²) >= 11 is 2.26. The maximum atomic E-state index is 13.0. The van der Waals surface area contributed by atoms with Crippen molar-refractivity contribution < 1.29 is 9.18 Å². The number of nitrogens with zero attached hydrogens (tertiary/aromatic N) is 2. The highest BCUT2D eigenvalue weighted by Crippen LogP contribution is 2.19. The van der Waals surface area contributed by atoms with Crippen molar-refractivity contribution in [3.8, 4) is 0 Å². The van der Waals surface area contributed by atoms with Crippen LogP contribution in [0.25, 0.3) is 0 Å². The zero-order chi connectivity index (χ0) is 17.8. The molecule has 1 fully saturated rings. The van der Waals surface area contributed by atoms with E-state index in [2.05, 4.69) is 27.5 Å². The van der Waals surface area contributed by atoms with Crippen LogP contribution in [0, 0.1) is 16.3 Å². The van der Waals surface area contributed by atoms with Crippen LogP contribution in [0.5, 0.6) is 0 Å². The second kappa shape index (κ2) is 8.27. The normalized spacial score (nSPS) is 15.9. The van der Waals surface area contributed by atoms with Gasteiger partial charge in [0, 0.05) is 36.3 Å². The summed E-state index contributed by atoms with van der Waals surface area (Å²) in [5, 5.41) is 0. The molecule has 3 nitrogen and oxygen atoms in total. The molecule has 0 radical (unpaired) electrons. The van der Waals surface area contributed by atoms with Crippen molar-refractivity contribution in [2.24, 2.45) is 0 Å². The molecule has 1 saturated heterocycles. The summed E-state index contributed by atoms with van der Waals surface area (Å²) in [7, 11) is 0. The molecule has 5 heteroatoms. The topological polar surface area (TPSA) is 23.6 Å². The van der Waals surface area contributed by atoms with Gasteiger partial charge in [-0.05, 0) is 65.3 Å². The van der Waals surface area contributed by atoms with Crippen molar-refractivity contribution in [3.05, 3.63) is 68.5 Å². The predicted octanol–water partition coefficient (Wildman–Crippen LogP) is 4.09. The largest absolute Gasteiger partial charge is 0.337 e. The van der Waals surface area contributed by atoms with Crippen LogP contribution in [0.1, 0.15) is 27.9 Å². The third-order valence-corrected chi connectivity index (χ3v) is 6.05. The molecule has 0 spiro atoms. The molecule has 0 bridgehead atoms. The molecule has 1 heterocycles. The molecular weight excluding hydrogens is 430 g/mol. The molecule has 2 aromatic carbocycles. The summed E-state index contributed by atoms with van der Waals surface area (Å²) in [4.78, 5) is 17.2. The molecule has 2 aromatic rings. The Morgan fingerprint density at radius 3 is 2.60 bits per heavy atom. The van der Waals surface area contributed by atoms with Crippen molar-refractivity contribution in [2.45, 2.75) is 19.9 Å². The van der Waals surface area contributed by atoms with Crippen LogP contribution in [0.3, 0.4) is 0 Å². The van der Waals surface area contributed by atoms with E-state index in [-0.39, 0.29) is 11.7 Å². The standard InChI is InChI=1S/C20H22FIN2O/c1-15-4-2-5-18(19(15)22)20(25)24-11-3-10-23(12-13-24)14-16-6-8-17(21)9-7-16/h2,4-9H,3,10-14H2,1H3. The van der Waals surface area contributed by atoms with Gasteiger partial charge in [0.2, 0.25) is 0 Å². The van der Waals surface area contributed by atoms with Gasteiger partial charge in [0.05, 0.1) is 5.56 Å². The van der Waals surface area contributed by atoms with Crippen molar-refractivity contribution in [1.82, 2.24) is 9.80 Å². The molecule has 0 unspecified atom stereocenters. The minimum absolute atomic E-state index is 0.122. The number of carbonyl (C=O) groups is 1. The van der Waals surface area contributed by atoms with Gasteiger partial charge in [0.25, 0.3) is 5.91 Å². The summed E-state index contributed by atoms with van der Waals surface area (Å²) < 4.78 is 14.1. The molecule has 0 atom stereocenters. The molecule has 0 saturated carbocycles. The van der Waals surface area contributed by atoms with Gasteiger partial charge in [0.15, 0.2) is 0 Å². The number of aryl methyl sites for hydroxylation is 1. The molecular formula is C20H22FIN2O. The average Bonchev–Trinajstić information content (AvgIpc) is 2.84. The first-order chi connectivity index (χ1) is 12.0. The quantitative estimate of drug-likeness (QED) is 0.656. The van der Waals surface area contributed by atoms with Crippen LogP contribution < -0.4 is 0 Å². The van der Waals surface area contributed by atoms with E-state index in [9.17, 15) is 9.18 Å². The van der Waals surface area contributed by atoms with Crippen LogP contribution in [0.15, 0.2) is 42.5 Å². The molecule has 1 amide bonds. The fraction of sp³-hybridized carbons (Fsp3) is 0.350. The molecule has 132 valence electrons. The monoisotopic (exact) mass is 452 g/mol. The smallest absolute Gasteiger partial charge is 0.254 e. The number of benzene rings is 2. The van der Waals surface area contributed by atoms with E-state index < -0.39 is 0 Å². The second-order valence-corrected chi connectivity index (χ2v) is 7.56. The summed E-state index contributed by atoms with van der Waals surface area (Å²) in [6.45, 7) is 6.13. The summed E-state index contributed by atoms with van der Waals surface area (Å²) in [6.07, 6.45) is 0.954. The van der Waals surface area contributed by atoms with Crippen LogP contribution in [-0.4, -0.2) is 41.9 Å². The van der Waals surface area contributed by atoms with Crippen LogP contribution in [0.4, 0.5) is 4.39 Å². The Morgan fingerprint density at radius 2 is 1.84 bits per heavy atom. The number of carbonyl (C=O) groups excluding carboxylic acids is 1. The van der Waals surface area contributed by atoms with E-state index in [1.807, 2.05) is 42.2 Å². The lowest BCUT2D eigenvalue weighted by Crippen LogP contribution is -2.35. The van der Waals surface area contributed by atoms with E-state index in [1.54, 1.807) is 0 Å². The number of amides is 1. The van der Waals surface area contributed by atoms with Crippen molar-refractivity contribution in [1.29, 1.82) is 0 Å². The van der Waals surface area contributed by atoms with Gasteiger partial charge >= 0.3 is 0 Å². The van der Waals surface area contributed by atoms with E-state index >= 15 is 0 Å². The molecule has 0 aromatic heterocycles. The van der Waals surface area contributed by atoms with Crippen LogP contribution in [-0.2, 0) is 6.54 Å². The number of hydrogen-bond donors (Lipinski definition) is 0. The number of halogens is 2. The summed E-state index contributed by atoms with van der Waals surface area (Å²) in [6, 6.07) is 12.6. The first kappa shape index (κ1) is 18.3. The fourth-order valence-corrected chi connectivity index (χ4v) is 3.75. The van der Waals surface area contributed by atoms with Crippen LogP contribution >= 0.6 is 22.6 Å². The van der Waals surface area contributed by atoms with Crippen molar-refractivity contribution >= 4 is 28.5 Å². The third kappa shape index (κ3) is 4.58. The van der Waals surface area contributed by atoms with E-state index in [1.165, 1.54) is 12.1 Å². The minimum Gasteiger partial charge on any atom is -0.337 e. The highest BCUT2D eigenvalue weighted by atomic mass is 127. The first-order valence-corrected chi connectivity index (χ1v) is 9.63.